The van der Waals surface area contributed by atoms with Crippen molar-refractivity contribution in [3.8, 4) is 0 Å². The van der Waals surface area contributed by atoms with E-state index in [1.54, 1.807) is 17.0 Å². The topological polar surface area (TPSA) is 71.4 Å². The highest BCUT2D eigenvalue weighted by Crippen LogP contribution is 2.22. The molecule has 0 saturated carbocycles. The maximum Gasteiger partial charge on any atom is 0.331 e. The molecule has 1 aromatic carbocycles. The van der Waals surface area contributed by atoms with Gasteiger partial charge in [-0.15, -0.1) is 0 Å². The van der Waals surface area contributed by atoms with Crippen molar-refractivity contribution in [3.63, 3.8) is 0 Å². The average molecular weight is 347 g/mol. The van der Waals surface area contributed by atoms with Crippen LogP contribution in [0, 0.1) is 6.92 Å². The lowest BCUT2D eigenvalue weighted by Crippen LogP contribution is -2.46. The summed E-state index contributed by atoms with van der Waals surface area (Å²) in [6, 6.07) is 10.2. The van der Waals surface area contributed by atoms with Gasteiger partial charge in [0.05, 0.1) is 4.90 Å². The maximum atomic E-state index is 12.3. The zero-order chi connectivity index (χ0) is 17.2. The highest BCUT2D eigenvalue weighted by Gasteiger charge is 2.26. The molecule has 2 amide bonds. The third-order valence-corrected chi connectivity index (χ3v) is 5.69. The predicted molar refractivity (Wildman–Crippen MR) is 91.2 cm³/mol. The number of urea groups is 1. The maximum absolute atomic E-state index is 12.3. The van der Waals surface area contributed by atoms with E-state index in [1.165, 1.54) is 12.1 Å². The summed E-state index contributed by atoms with van der Waals surface area (Å²) in [6.45, 7) is 2.96. The third kappa shape index (κ3) is 3.62. The summed E-state index contributed by atoms with van der Waals surface area (Å²) in [4.78, 5) is 13.9. The second kappa shape index (κ2) is 6.68. The molecule has 0 spiro atoms. The van der Waals surface area contributed by atoms with Crippen LogP contribution in [0.2, 0.25) is 0 Å². The van der Waals surface area contributed by atoms with Crippen LogP contribution < -0.4 is 4.72 Å². The largest absolute Gasteiger partial charge is 0.351 e. The van der Waals surface area contributed by atoms with Crippen molar-refractivity contribution in [2.75, 3.05) is 13.1 Å². The number of aromatic nitrogens is 1. The smallest absolute Gasteiger partial charge is 0.331 e. The Balaban J connectivity index is 1.60. The highest BCUT2D eigenvalue weighted by molar-refractivity contribution is 7.90. The SMILES string of the molecule is Cc1ccc(S(=O)(=O)NC(=O)N2CCC(n3cccc3)CC2)cc1. The molecule has 1 aliphatic heterocycles. The van der Waals surface area contributed by atoms with Crippen LogP contribution in [0.4, 0.5) is 4.79 Å². The molecule has 2 heterocycles. The van der Waals surface area contributed by atoms with Gasteiger partial charge in [-0.25, -0.2) is 17.9 Å². The van der Waals surface area contributed by atoms with Crippen molar-refractivity contribution >= 4 is 16.1 Å². The Bertz CT molecular complexity index is 790. The summed E-state index contributed by atoms with van der Waals surface area (Å²) < 4.78 is 28.9. The number of aryl methyl sites for hydroxylation is 1. The molecule has 0 radical (unpaired) electrons. The van der Waals surface area contributed by atoms with E-state index in [0.29, 0.717) is 19.1 Å². The summed E-state index contributed by atoms with van der Waals surface area (Å²) in [6.07, 6.45) is 5.66. The number of carbonyl (C=O) groups excluding carboxylic acids is 1. The quantitative estimate of drug-likeness (QED) is 0.927. The van der Waals surface area contributed by atoms with Crippen molar-refractivity contribution < 1.29 is 13.2 Å². The van der Waals surface area contributed by atoms with Gasteiger partial charge in [0.15, 0.2) is 0 Å². The normalized spacial score (nSPS) is 16.1. The van der Waals surface area contributed by atoms with E-state index in [0.717, 1.165) is 18.4 Å². The number of piperidine rings is 1. The molecule has 1 aliphatic rings. The van der Waals surface area contributed by atoms with Crippen LogP contribution in [0.5, 0.6) is 0 Å². The molecule has 24 heavy (non-hydrogen) atoms. The Morgan fingerprint density at radius 1 is 1.08 bits per heavy atom. The minimum Gasteiger partial charge on any atom is -0.351 e. The molecule has 1 N–H and O–H groups in total. The molecule has 0 bridgehead atoms. The van der Waals surface area contributed by atoms with E-state index in [1.807, 2.05) is 31.5 Å². The highest BCUT2D eigenvalue weighted by atomic mass is 32.2. The van der Waals surface area contributed by atoms with Gasteiger partial charge >= 0.3 is 6.03 Å². The lowest BCUT2D eigenvalue weighted by Gasteiger charge is -2.32. The Morgan fingerprint density at radius 3 is 2.25 bits per heavy atom. The molecule has 3 rings (SSSR count). The monoisotopic (exact) mass is 347 g/mol. The Kier molecular flexibility index (Phi) is 4.62. The van der Waals surface area contributed by atoms with Gasteiger partial charge in [-0.2, -0.15) is 0 Å². The number of carbonyl (C=O) groups is 1. The molecule has 128 valence electrons. The lowest BCUT2D eigenvalue weighted by molar-refractivity contribution is 0.177. The van der Waals surface area contributed by atoms with Crippen LogP contribution in [0.25, 0.3) is 0 Å². The van der Waals surface area contributed by atoms with Crippen molar-refractivity contribution in [1.82, 2.24) is 14.2 Å². The fourth-order valence-electron chi connectivity index (χ4n) is 2.91. The van der Waals surface area contributed by atoms with Crippen LogP contribution in [0.1, 0.15) is 24.4 Å². The van der Waals surface area contributed by atoms with Gasteiger partial charge in [0.1, 0.15) is 0 Å². The van der Waals surface area contributed by atoms with E-state index in [9.17, 15) is 13.2 Å². The number of amides is 2. The van der Waals surface area contributed by atoms with Crippen LogP contribution in [0.3, 0.4) is 0 Å². The average Bonchev–Trinajstić information content (AvgIpc) is 3.09. The molecule has 7 heteroatoms. The fourth-order valence-corrected chi connectivity index (χ4v) is 3.89. The molecule has 1 saturated heterocycles. The minimum atomic E-state index is -3.83. The standard InChI is InChI=1S/C17H21N3O3S/c1-14-4-6-16(7-5-14)24(22,23)18-17(21)20-12-8-15(9-13-20)19-10-2-3-11-19/h2-7,10-11,15H,8-9,12-13H2,1H3,(H,18,21). The molecule has 1 aromatic heterocycles. The zero-order valence-electron chi connectivity index (χ0n) is 13.6. The summed E-state index contributed by atoms with van der Waals surface area (Å²) in [5, 5.41) is 0. The van der Waals surface area contributed by atoms with E-state index in [-0.39, 0.29) is 4.90 Å². The van der Waals surface area contributed by atoms with Crippen LogP contribution in [0.15, 0.2) is 53.7 Å². The van der Waals surface area contributed by atoms with Crippen molar-refractivity contribution in [2.24, 2.45) is 0 Å². The van der Waals surface area contributed by atoms with Crippen molar-refractivity contribution in [1.29, 1.82) is 0 Å². The number of hydrogen-bond donors (Lipinski definition) is 1. The minimum absolute atomic E-state index is 0.101. The first-order valence-electron chi connectivity index (χ1n) is 7.96. The molecular formula is C17H21N3O3S. The predicted octanol–water partition coefficient (Wildman–Crippen LogP) is 2.53. The van der Waals surface area contributed by atoms with Gasteiger partial charge < -0.3 is 9.47 Å². The summed E-state index contributed by atoms with van der Waals surface area (Å²) in [5.41, 5.74) is 0.965. The zero-order valence-corrected chi connectivity index (χ0v) is 14.4. The third-order valence-electron chi connectivity index (χ3n) is 4.35. The molecule has 0 atom stereocenters. The van der Waals surface area contributed by atoms with Gasteiger partial charge in [0, 0.05) is 31.5 Å². The van der Waals surface area contributed by atoms with Gasteiger partial charge in [0.2, 0.25) is 0 Å². The van der Waals surface area contributed by atoms with Crippen molar-refractivity contribution in [3.05, 3.63) is 54.4 Å². The number of rotatable bonds is 3. The molecule has 6 nitrogen and oxygen atoms in total. The second-order valence-corrected chi connectivity index (χ2v) is 7.75. The summed E-state index contributed by atoms with van der Waals surface area (Å²) in [5.74, 6) is 0. The van der Waals surface area contributed by atoms with E-state index in [2.05, 4.69) is 9.29 Å². The summed E-state index contributed by atoms with van der Waals surface area (Å²) >= 11 is 0. The second-order valence-electron chi connectivity index (χ2n) is 6.07. The van der Waals surface area contributed by atoms with E-state index < -0.39 is 16.1 Å². The number of nitrogens with one attached hydrogen (secondary N) is 1. The number of benzene rings is 1. The van der Waals surface area contributed by atoms with E-state index in [4.69, 9.17) is 0 Å². The lowest BCUT2D eigenvalue weighted by atomic mass is 10.1. The Hall–Kier alpha value is -2.28. The number of hydrogen-bond acceptors (Lipinski definition) is 3. The molecule has 0 unspecified atom stereocenters. The molecule has 0 aliphatic carbocycles. The first kappa shape index (κ1) is 16.6. The van der Waals surface area contributed by atoms with Gasteiger partial charge in [-0.1, -0.05) is 17.7 Å². The van der Waals surface area contributed by atoms with Gasteiger partial charge in [-0.3, -0.25) is 0 Å². The molecular weight excluding hydrogens is 326 g/mol. The Morgan fingerprint density at radius 2 is 1.67 bits per heavy atom. The molecule has 1 fully saturated rings. The first-order chi connectivity index (χ1) is 11.5. The van der Waals surface area contributed by atoms with Crippen LogP contribution in [-0.2, 0) is 10.0 Å². The van der Waals surface area contributed by atoms with Crippen molar-refractivity contribution in [2.45, 2.75) is 30.7 Å². The number of likely N-dealkylation sites (tertiary alicyclic amines) is 1. The fraction of sp³-hybridized carbons (Fsp3) is 0.353. The first-order valence-corrected chi connectivity index (χ1v) is 9.45. The van der Waals surface area contributed by atoms with Gasteiger partial charge in [0.25, 0.3) is 10.0 Å². The summed E-state index contributed by atoms with van der Waals surface area (Å²) in [7, 11) is -3.83. The van der Waals surface area contributed by atoms with Crippen LogP contribution in [-0.4, -0.2) is 37.0 Å². The Labute approximate surface area is 142 Å². The van der Waals surface area contributed by atoms with Crippen LogP contribution >= 0.6 is 0 Å². The van der Waals surface area contributed by atoms with E-state index >= 15 is 0 Å². The van der Waals surface area contributed by atoms with Gasteiger partial charge in [-0.05, 0) is 44.0 Å². The molecule has 2 aromatic rings. The number of sulfonamides is 1. The number of nitrogens with zero attached hydrogens (tertiary/aromatic N) is 2.